The molecule has 0 saturated carbocycles. The number of hydrogen-bond acceptors (Lipinski definition) is 8. The van der Waals surface area contributed by atoms with Gasteiger partial charge in [-0.2, -0.15) is 0 Å². The van der Waals surface area contributed by atoms with Crippen molar-refractivity contribution in [3.05, 3.63) is 95.0 Å². The van der Waals surface area contributed by atoms with Crippen molar-refractivity contribution in [3.8, 4) is 39.9 Å². The van der Waals surface area contributed by atoms with Gasteiger partial charge in [-0.1, -0.05) is 18.2 Å². The number of aromatic carboxylic acids is 1. The van der Waals surface area contributed by atoms with Gasteiger partial charge >= 0.3 is 11.9 Å². The molecule has 0 fully saturated rings. The average molecular weight is 559 g/mol. The van der Waals surface area contributed by atoms with Crippen LogP contribution in [-0.2, 0) is 17.8 Å². The summed E-state index contributed by atoms with van der Waals surface area (Å²) < 4.78 is 33.5. The number of furan rings is 1. The van der Waals surface area contributed by atoms with Gasteiger partial charge in [0, 0.05) is 46.4 Å². The number of ether oxygens (including phenoxy) is 5. The number of carboxylic acid groups (broad SMARTS) is 2. The van der Waals surface area contributed by atoms with Gasteiger partial charge in [0.25, 0.3) is 0 Å². The number of methoxy groups -OCH3 is 2. The van der Waals surface area contributed by atoms with Crippen molar-refractivity contribution in [2.75, 3.05) is 21.0 Å². The van der Waals surface area contributed by atoms with E-state index in [1.54, 1.807) is 54.6 Å². The second-order valence-electron chi connectivity index (χ2n) is 8.98. The van der Waals surface area contributed by atoms with Crippen molar-refractivity contribution in [2.24, 2.45) is 0 Å². The zero-order chi connectivity index (χ0) is 28.9. The molecule has 0 aliphatic carbocycles. The molecule has 10 nitrogen and oxygen atoms in total. The van der Waals surface area contributed by atoms with Crippen molar-refractivity contribution >= 4 is 18.0 Å². The van der Waals surface area contributed by atoms with E-state index < -0.39 is 11.9 Å². The van der Waals surface area contributed by atoms with Gasteiger partial charge in [-0.15, -0.1) is 0 Å². The Balaban J connectivity index is 1.49. The maximum atomic E-state index is 12.3. The number of carboxylic acids is 2. The maximum Gasteiger partial charge on any atom is 0.336 e. The standard InChI is InChI=1S/C31H26O10/c1-36-21-7-8-23(27(14-21)39-16-18-5-3-4-6-22(18)31(34)35)24-9-10-38-26(24)13-20(30(32)33)11-19-12-28-29(41-17-40-28)15-25(19)37-2/h3-10,12-15H,11,16-17H2,1-2H3,(H,32,33)(H,34,35)/b20-13-. The van der Waals surface area contributed by atoms with Crippen molar-refractivity contribution < 1.29 is 47.9 Å². The molecule has 0 atom stereocenters. The summed E-state index contributed by atoms with van der Waals surface area (Å²) in [5, 5.41) is 19.6. The fourth-order valence-electron chi connectivity index (χ4n) is 4.48. The zero-order valence-corrected chi connectivity index (χ0v) is 22.2. The molecule has 0 unspecified atom stereocenters. The summed E-state index contributed by atoms with van der Waals surface area (Å²) in [5.41, 5.74) is 2.45. The van der Waals surface area contributed by atoms with E-state index in [9.17, 15) is 19.8 Å². The minimum Gasteiger partial charge on any atom is -0.497 e. The normalized spacial score (nSPS) is 12.2. The second-order valence-corrected chi connectivity index (χ2v) is 8.98. The van der Waals surface area contributed by atoms with Gasteiger partial charge in [0.15, 0.2) is 11.5 Å². The molecular formula is C31H26O10. The van der Waals surface area contributed by atoms with Gasteiger partial charge in [-0.25, -0.2) is 9.59 Å². The molecule has 2 heterocycles. The fraction of sp³-hybridized carbons (Fsp3) is 0.161. The molecule has 2 N–H and O–H groups in total. The summed E-state index contributed by atoms with van der Waals surface area (Å²) in [6.45, 7) is 0.0590. The largest absolute Gasteiger partial charge is 0.497 e. The Bertz CT molecular complexity index is 1630. The van der Waals surface area contributed by atoms with E-state index in [-0.39, 0.29) is 31.0 Å². The lowest BCUT2D eigenvalue weighted by atomic mass is 9.99. The Morgan fingerprint density at radius 2 is 1.66 bits per heavy atom. The highest BCUT2D eigenvalue weighted by Crippen LogP contribution is 2.40. The van der Waals surface area contributed by atoms with Gasteiger partial charge in [0.1, 0.15) is 29.6 Å². The lowest BCUT2D eigenvalue weighted by Gasteiger charge is -2.14. The number of hydrogen-bond donors (Lipinski definition) is 2. The van der Waals surface area contributed by atoms with Crippen molar-refractivity contribution in [2.45, 2.75) is 13.0 Å². The SMILES string of the molecule is COc1ccc(-c2ccoc2/C=C(/Cc2cc3c(cc2OC)OCO3)C(=O)O)c(OCc2ccccc2C(=O)O)c1. The van der Waals surface area contributed by atoms with Crippen LogP contribution in [0.4, 0.5) is 0 Å². The molecule has 210 valence electrons. The number of fused-ring (bicyclic) bond motifs is 1. The van der Waals surface area contributed by atoms with Crippen LogP contribution in [0.2, 0.25) is 0 Å². The van der Waals surface area contributed by atoms with E-state index in [0.717, 1.165) is 0 Å². The minimum atomic E-state index is -1.14. The number of rotatable bonds is 11. The van der Waals surface area contributed by atoms with Crippen LogP contribution in [0, 0.1) is 0 Å². The molecule has 10 heteroatoms. The molecule has 0 radical (unpaired) electrons. The zero-order valence-electron chi connectivity index (χ0n) is 22.2. The molecule has 0 amide bonds. The van der Waals surface area contributed by atoms with Crippen LogP contribution in [0.15, 0.2) is 76.9 Å². The highest BCUT2D eigenvalue weighted by atomic mass is 16.7. The van der Waals surface area contributed by atoms with E-state index in [1.165, 1.54) is 32.6 Å². The first-order valence-corrected chi connectivity index (χ1v) is 12.5. The predicted octanol–water partition coefficient (Wildman–Crippen LogP) is 5.68. The van der Waals surface area contributed by atoms with Crippen molar-refractivity contribution in [1.82, 2.24) is 0 Å². The average Bonchev–Trinajstić information content (AvgIpc) is 3.64. The van der Waals surface area contributed by atoms with E-state index in [4.69, 9.17) is 28.1 Å². The predicted molar refractivity (Wildman–Crippen MR) is 147 cm³/mol. The quantitative estimate of drug-likeness (QED) is 0.221. The van der Waals surface area contributed by atoms with Crippen molar-refractivity contribution in [3.63, 3.8) is 0 Å². The molecule has 41 heavy (non-hydrogen) atoms. The fourth-order valence-corrected chi connectivity index (χ4v) is 4.48. The van der Waals surface area contributed by atoms with Crippen molar-refractivity contribution in [1.29, 1.82) is 0 Å². The van der Waals surface area contributed by atoms with Crippen LogP contribution in [-0.4, -0.2) is 43.2 Å². The third-order valence-corrected chi connectivity index (χ3v) is 6.54. The number of benzene rings is 3. The van der Waals surface area contributed by atoms with E-state index in [2.05, 4.69) is 0 Å². The molecule has 5 rings (SSSR count). The summed E-state index contributed by atoms with van der Waals surface area (Å²) in [5.74, 6) is 0.524. The van der Waals surface area contributed by atoms with E-state index in [0.29, 0.717) is 56.8 Å². The molecule has 3 aromatic carbocycles. The Hall–Kier alpha value is -5.38. The Morgan fingerprint density at radius 3 is 2.39 bits per heavy atom. The van der Waals surface area contributed by atoms with Crippen LogP contribution < -0.4 is 23.7 Å². The molecule has 0 bridgehead atoms. The number of carbonyl (C=O) groups is 2. The third-order valence-electron chi connectivity index (χ3n) is 6.54. The van der Waals surface area contributed by atoms with Crippen LogP contribution in [0.3, 0.4) is 0 Å². The minimum absolute atomic E-state index is 0.0179. The summed E-state index contributed by atoms with van der Waals surface area (Å²) in [6, 6.07) is 16.8. The second kappa shape index (κ2) is 11.8. The van der Waals surface area contributed by atoms with Gasteiger partial charge in [-0.05, 0) is 36.4 Å². The highest BCUT2D eigenvalue weighted by molar-refractivity contribution is 5.94. The van der Waals surface area contributed by atoms with Crippen LogP contribution in [0.5, 0.6) is 28.7 Å². The smallest absolute Gasteiger partial charge is 0.336 e. The monoisotopic (exact) mass is 558 g/mol. The summed E-state index contributed by atoms with van der Waals surface area (Å²) >= 11 is 0. The summed E-state index contributed by atoms with van der Waals surface area (Å²) in [4.78, 5) is 24.0. The highest BCUT2D eigenvalue weighted by Gasteiger charge is 2.22. The summed E-state index contributed by atoms with van der Waals surface area (Å²) in [7, 11) is 3.02. The number of aliphatic carboxylic acids is 1. The molecule has 1 aliphatic rings. The van der Waals surface area contributed by atoms with Crippen LogP contribution in [0.1, 0.15) is 27.2 Å². The first-order valence-electron chi connectivity index (χ1n) is 12.5. The molecule has 1 aromatic heterocycles. The Kier molecular flexibility index (Phi) is 7.82. The topological polar surface area (TPSA) is 134 Å². The molecule has 0 spiro atoms. The molecule has 1 aliphatic heterocycles. The third kappa shape index (κ3) is 5.81. The van der Waals surface area contributed by atoms with Gasteiger partial charge < -0.3 is 38.3 Å². The van der Waals surface area contributed by atoms with Gasteiger partial charge in [0.05, 0.1) is 26.0 Å². The van der Waals surface area contributed by atoms with Gasteiger partial charge in [0.2, 0.25) is 6.79 Å². The first kappa shape index (κ1) is 27.2. The molecular weight excluding hydrogens is 532 g/mol. The molecule has 4 aromatic rings. The van der Waals surface area contributed by atoms with E-state index in [1.807, 2.05) is 0 Å². The Labute approximate surface area is 234 Å². The lowest BCUT2D eigenvalue weighted by Crippen LogP contribution is -2.06. The Morgan fingerprint density at radius 1 is 0.878 bits per heavy atom. The van der Waals surface area contributed by atoms with Crippen LogP contribution >= 0.6 is 0 Å². The van der Waals surface area contributed by atoms with E-state index >= 15 is 0 Å². The lowest BCUT2D eigenvalue weighted by molar-refractivity contribution is -0.132. The molecule has 0 saturated heterocycles. The maximum absolute atomic E-state index is 12.3. The first-order chi connectivity index (χ1) is 19.9. The van der Waals surface area contributed by atoms with Crippen LogP contribution in [0.25, 0.3) is 17.2 Å². The summed E-state index contributed by atoms with van der Waals surface area (Å²) in [6.07, 6.45) is 2.93. The van der Waals surface area contributed by atoms with Gasteiger partial charge in [-0.3, -0.25) is 0 Å².